The molecule has 11 nitrogen and oxygen atoms in total. The van der Waals surface area contributed by atoms with Crippen LogP contribution in [-0.2, 0) is 14.3 Å². The highest BCUT2D eigenvalue weighted by atomic mass is 35.5. The van der Waals surface area contributed by atoms with E-state index in [0.29, 0.717) is 16.4 Å². The third-order valence-corrected chi connectivity index (χ3v) is 4.48. The van der Waals surface area contributed by atoms with Gasteiger partial charge in [-0.25, -0.2) is 9.48 Å². The molecule has 3 aromatic heterocycles. The van der Waals surface area contributed by atoms with Crippen LogP contribution in [0.15, 0.2) is 41.3 Å². The summed E-state index contributed by atoms with van der Waals surface area (Å²) in [6, 6.07) is 8.38. The van der Waals surface area contributed by atoms with Gasteiger partial charge in [-0.15, -0.1) is 0 Å². The number of halogens is 1. The first-order chi connectivity index (χ1) is 14.9. The summed E-state index contributed by atoms with van der Waals surface area (Å²) in [7, 11) is 0. The summed E-state index contributed by atoms with van der Waals surface area (Å²) in [5, 5.41) is 11.7. The van der Waals surface area contributed by atoms with Gasteiger partial charge in [0.15, 0.2) is 5.65 Å². The zero-order valence-corrected chi connectivity index (χ0v) is 17.2. The second-order valence-corrected chi connectivity index (χ2v) is 6.85. The summed E-state index contributed by atoms with van der Waals surface area (Å²) >= 11 is 5.95. The maximum absolute atomic E-state index is 12.6. The largest absolute Gasteiger partial charge is 0.459 e. The number of nitrogens with zero attached hydrogens (tertiary/aromatic N) is 5. The molecule has 3 heterocycles. The van der Waals surface area contributed by atoms with Crippen molar-refractivity contribution in [2.45, 2.75) is 13.8 Å². The topological polar surface area (TPSA) is 137 Å². The lowest BCUT2D eigenvalue weighted by Gasteiger charge is -2.08. The van der Waals surface area contributed by atoms with E-state index in [1.165, 1.54) is 21.6 Å². The molecule has 4 rings (SSSR count). The van der Waals surface area contributed by atoms with Crippen molar-refractivity contribution in [2.24, 2.45) is 0 Å². The first-order valence-corrected chi connectivity index (χ1v) is 9.54. The molecule has 0 bridgehead atoms. The zero-order valence-electron chi connectivity index (χ0n) is 16.4. The van der Waals surface area contributed by atoms with Gasteiger partial charge in [-0.2, -0.15) is 19.9 Å². The van der Waals surface area contributed by atoms with Gasteiger partial charge in [0, 0.05) is 11.1 Å². The van der Waals surface area contributed by atoms with Crippen molar-refractivity contribution in [1.82, 2.24) is 29.5 Å². The molecule has 0 saturated heterocycles. The van der Waals surface area contributed by atoms with Crippen molar-refractivity contribution < 1.29 is 14.3 Å². The van der Waals surface area contributed by atoms with Gasteiger partial charge in [-0.1, -0.05) is 11.6 Å². The monoisotopic (exact) mass is 441 g/mol. The Morgan fingerprint density at radius 3 is 2.68 bits per heavy atom. The first-order valence-electron chi connectivity index (χ1n) is 9.16. The maximum Gasteiger partial charge on any atom is 0.397 e. The van der Waals surface area contributed by atoms with Gasteiger partial charge < -0.3 is 10.1 Å². The molecule has 12 heteroatoms. The van der Waals surface area contributed by atoms with Crippen LogP contribution in [0.25, 0.3) is 22.7 Å². The number of nitrogens with one attached hydrogen (secondary N) is 2. The Morgan fingerprint density at radius 2 is 1.97 bits per heavy atom. The molecule has 1 amide bonds. The van der Waals surface area contributed by atoms with Gasteiger partial charge in [0.1, 0.15) is 11.2 Å². The summed E-state index contributed by atoms with van der Waals surface area (Å²) in [5.74, 6) is -1.85. The van der Waals surface area contributed by atoms with Crippen LogP contribution in [0.3, 0.4) is 0 Å². The minimum Gasteiger partial charge on any atom is -0.459 e. The maximum atomic E-state index is 12.6. The minimum atomic E-state index is -1.04. The SMILES string of the molecule is CCOC(=O)C(=O)Nc1cc(C)nn1-c1nc2c(cnn2-c2ccc(Cl)cc2)c(=O)[nH]1. The number of ether oxygens (including phenoxy) is 1. The van der Waals surface area contributed by atoms with Crippen molar-refractivity contribution in [3.8, 4) is 11.6 Å². The molecule has 0 aliphatic heterocycles. The number of carbonyl (C=O) groups is 2. The van der Waals surface area contributed by atoms with Gasteiger partial charge in [0.2, 0.25) is 5.95 Å². The number of H-pyrrole nitrogens is 1. The first kappa shape index (κ1) is 20.3. The van der Waals surface area contributed by atoms with E-state index in [9.17, 15) is 14.4 Å². The average Bonchev–Trinajstić information content (AvgIpc) is 3.32. The number of rotatable bonds is 4. The van der Waals surface area contributed by atoms with Gasteiger partial charge in [-0.3, -0.25) is 14.6 Å². The Kier molecular flexibility index (Phi) is 5.26. The predicted octanol–water partition coefficient (Wildman–Crippen LogP) is 1.76. The van der Waals surface area contributed by atoms with Gasteiger partial charge >= 0.3 is 11.9 Å². The molecule has 0 spiro atoms. The molecule has 0 aliphatic rings. The normalized spacial score (nSPS) is 10.9. The smallest absolute Gasteiger partial charge is 0.397 e. The minimum absolute atomic E-state index is 0.0282. The molecule has 0 aliphatic carbocycles. The van der Waals surface area contributed by atoms with E-state index in [2.05, 4.69) is 25.5 Å². The molecule has 1 aromatic carbocycles. The molecule has 4 aromatic rings. The van der Waals surface area contributed by atoms with E-state index in [0.717, 1.165) is 0 Å². The van der Waals surface area contributed by atoms with Crippen LogP contribution in [0.1, 0.15) is 12.6 Å². The fourth-order valence-corrected chi connectivity index (χ4v) is 3.02. The summed E-state index contributed by atoms with van der Waals surface area (Å²) < 4.78 is 7.39. The fraction of sp³-hybridized carbons (Fsp3) is 0.158. The number of aromatic nitrogens is 6. The molecule has 0 atom stereocenters. The van der Waals surface area contributed by atoms with Gasteiger partial charge in [-0.05, 0) is 38.1 Å². The van der Waals surface area contributed by atoms with E-state index < -0.39 is 17.4 Å². The molecular formula is C19H16ClN7O4. The molecule has 2 N–H and O–H groups in total. The number of aryl methyl sites for hydroxylation is 1. The quantitative estimate of drug-likeness (QED) is 0.363. The number of benzene rings is 1. The van der Waals surface area contributed by atoms with Gasteiger partial charge in [0.05, 0.1) is 24.2 Å². The molecule has 0 saturated carbocycles. The lowest BCUT2D eigenvalue weighted by atomic mass is 10.3. The second-order valence-electron chi connectivity index (χ2n) is 6.42. The second kappa shape index (κ2) is 8.03. The number of esters is 1. The lowest BCUT2D eigenvalue weighted by molar-refractivity contribution is -0.152. The van der Waals surface area contributed by atoms with Crippen molar-refractivity contribution in [3.05, 3.63) is 57.6 Å². The van der Waals surface area contributed by atoms with Crippen LogP contribution in [0.5, 0.6) is 0 Å². The molecular weight excluding hydrogens is 426 g/mol. The summed E-state index contributed by atoms with van der Waals surface area (Å²) in [6.45, 7) is 3.34. The Labute approximate surface area is 179 Å². The van der Waals surface area contributed by atoms with Crippen LogP contribution >= 0.6 is 11.6 Å². The number of hydrogen-bond acceptors (Lipinski definition) is 7. The summed E-state index contributed by atoms with van der Waals surface area (Å²) in [6.07, 6.45) is 1.40. The molecule has 31 heavy (non-hydrogen) atoms. The van der Waals surface area contributed by atoms with Crippen LogP contribution in [0.2, 0.25) is 5.02 Å². The van der Waals surface area contributed by atoms with Gasteiger partial charge in [0.25, 0.3) is 5.56 Å². The van der Waals surface area contributed by atoms with E-state index in [1.807, 2.05) is 0 Å². The van der Waals surface area contributed by atoms with Crippen LogP contribution in [0.4, 0.5) is 5.82 Å². The van der Waals surface area contributed by atoms with E-state index in [1.54, 1.807) is 38.1 Å². The highest BCUT2D eigenvalue weighted by Gasteiger charge is 2.20. The number of amides is 1. The van der Waals surface area contributed by atoms with Crippen molar-refractivity contribution in [2.75, 3.05) is 11.9 Å². The Morgan fingerprint density at radius 1 is 1.23 bits per heavy atom. The number of anilines is 1. The van der Waals surface area contributed by atoms with Crippen molar-refractivity contribution in [3.63, 3.8) is 0 Å². The van der Waals surface area contributed by atoms with Crippen LogP contribution in [-0.4, -0.2) is 48.0 Å². The predicted molar refractivity (Wildman–Crippen MR) is 112 cm³/mol. The Hall–Kier alpha value is -3.99. The van der Waals surface area contributed by atoms with E-state index in [-0.39, 0.29) is 29.4 Å². The highest BCUT2D eigenvalue weighted by molar-refractivity contribution is 6.37. The molecule has 0 fully saturated rings. The summed E-state index contributed by atoms with van der Waals surface area (Å²) in [5.41, 5.74) is 0.997. The number of carbonyl (C=O) groups excluding carboxylic acids is 2. The number of aromatic amines is 1. The standard InChI is InChI=1S/C19H16ClN7O4/c1-3-31-18(30)17(29)22-14-8-10(2)25-27(14)19-23-15-13(16(28)24-19)9-21-26(15)12-6-4-11(20)5-7-12/h4-9H,3H2,1-2H3,(H,22,29)(H,23,24,28). The third-order valence-electron chi connectivity index (χ3n) is 4.23. The van der Waals surface area contributed by atoms with Crippen LogP contribution in [0, 0.1) is 6.92 Å². The molecule has 158 valence electrons. The highest BCUT2D eigenvalue weighted by Crippen LogP contribution is 2.19. The Balaban J connectivity index is 1.80. The molecule has 0 unspecified atom stereocenters. The zero-order chi connectivity index (χ0) is 22.1. The summed E-state index contributed by atoms with van der Waals surface area (Å²) in [4.78, 5) is 43.4. The lowest BCUT2D eigenvalue weighted by Crippen LogP contribution is -2.26. The third kappa shape index (κ3) is 3.90. The van der Waals surface area contributed by atoms with E-state index >= 15 is 0 Å². The van der Waals surface area contributed by atoms with Crippen molar-refractivity contribution >= 4 is 40.3 Å². The fourth-order valence-electron chi connectivity index (χ4n) is 2.89. The average molecular weight is 442 g/mol. The Bertz CT molecular complexity index is 1350. The molecule has 0 radical (unpaired) electrons. The van der Waals surface area contributed by atoms with Crippen molar-refractivity contribution in [1.29, 1.82) is 0 Å². The number of fused-ring (bicyclic) bond motifs is 1. The van der Waals surface area contributed by atoms with E-state index in [4.69, 9.17) is 16.3 Å². The number of hydrogen-bond donors (Lipinski definition) is 2. The van der Waals surface area contributed by atoms with Crippen LogP contribution < -0.4 is 10.9 Å².